The van der Waals surface area contributed by atoms with E-state index in [1.165, 1.54) is 5.56 Å². The fourth-order valence-electron chi connectivity index (χ4n) is 2.16. The van der Waals surface area contributed by atoms with Gasteiger partial charge in [-0.3, -0.25) is 0 Å². The summed E-state index contributed by atoms with van der Waals surface area (Å²) in [5.74, 6) is 2.27. The molecular weight excluding hydrogens is 292 g/mol. The number of rotatable bonds is 5. The van der Waals surface area contributed by atoms with Crippen LogP contribution in [0.1, 0.15) is 11.4 Å². The highest BCUT2D eigenvalue weighted by molar-refractivity contribution is 5.54. The molecule has 0 saturated heterocycles. The quantitative estimate of drug-likeness (QED) is 0.720. The number of pyridine rings is 1. The van der Waals surface area contributed by atoms with Gasteiger partial charge in [-0.15, -0.1) is 0 Å². The van der Waals surface area contributed by atoms with Crippen LogP contribution in [0.15, 0.2) is 47.1 Å². The van der Waals surface area contributed by atoms with Crippen LogP contribution in [0.4, 0.5) is 0 Å². The summed E-state index contributed by atoms with van der Waals surface area (Å²) in [6, 6.07) is 11.5. The summed E-state index contributed by atoms with van der Waals surface area (Å²) in [4.78, 5) is 10.5. The van der Waals surface area contributed by atoms with Gasteiger partial charge in [0, 0.05) is 24.4 Å². The summed E-state index contributed by atoms with van der Waals surface area (Å²) in [5, 5.41) is 3.79. The lowest BCUT2D eigenvalue weighted by molar-refractivity contribution is 0.402. The molecule has 0 aliphatic rings. The largest absolute Gasteiger partial charge is 0.439 e. The third kappa shape index (κ3) is 3.92. The first-order valence-corrected chi connectivity index (χ1v) is 7.28. The number of aryl methyl sites for hydroxylation is 1. The number of hydrogen-bond donors (Lipinski definition) is 0. The minimum atomic E-state index is 0.455. The summed E-state index contributed by atoms with van der Waals surface area (Å²) in [6.07, 6.45) is 1.66. The summed E-state index contributed by atoms with van der Waals surface area (Å²) in [7, 11) is 4.08. The molecule has 118 valence electrons. The molecule has 0 aliphatic heterocycles. The second kappa shape index (κ2) is 6.58. The Morgan fingerprint density at radius 2 is 1.91 bits per heavy atom. The van der Waals surface area contributed by atoms with E-state index in [0.717, 1.165) is 17.9 Å². The zero-order chi connectivity index (χ0) is 16.2. The van der Waals surface area contributed by atoms with E-state index in [9.17, 15) is 0 Å². The Hall–Kier alpha value is -2.73. The number of aromatic nitrogens is 3. The number of nitrogens with zero attached hydrogens (tertiary/aromatic N) is 4. The summed E-state index contributed by atoms with van der Waals surface area (Å²) < 4.78 is 11.0. The van der Waals surface area contributed by atoms with E-state index in [4.69, 9.17) is 9.26 Å². The second-order valence-electron chi connectivity index (χ2n) is 5.51. The van der Waals surface area contributed by atoms with Crippen molar-refractivity contribution in [2.24, 2.45) is 0 Å². The van der Waals surface area contributed by atoms with Gasteiger partial charge in [0.1, 0.15) is 5.75 Å². The topological polar surface area (TPSA) is 64.3 Å². The first-order valence-electron chi connectivity index (χ1n) is 7.28. The zero-order valence-corrected chi connectivity index (χ0v) is 13.4. The molecule has 6 heteroatoms. The highest BCUT2D eigenvalue weighted by Gasteiger charge is 2.08. The third-order valence-corrected chi connectivity index (χ3v) is 3.15. The van der Waals surface area contributed by atoms with Crippen LogP contribution in [-0.2, 0) is 6.54 Å². The van der Waals surface area contributed by atoms with E-state index >= 15 is 0 Å². The highest BCUT2D eigenvalue weighted by Crippen LogP contribution is 2.24. The van der Waals surface area contributed by atoms with Crippen molar-refractivity contribution in [1.29, 1.82) is 0 Å². The first kappa shape index (κ1) is 15.2. The molecule has 0 radical (unpaired) electrons. The van der Waals surface area contributed by atoms with Crippen molar-refractivity contribution >= 4 is 0 Å². The number of benzene rings is 1. The second-order valence-corrected chi connectivity index (χ2v) is 5.51. The van der Waals surface area contributed by atoms with Crippen LogP contribution in [-0.4, -0.2) is 34.1 Å². The maximum absolute atomic E-state index is 5.79. The summed E-state index contributed by atoms with van der Waals surface area (Å²) in [6.45, 7) is 2.67. The molecule has 0 unspecified atom stereocenters. The molecule has 0 bridgehead atoms. The van der Waals surface area contributed by atoms with Crippen molar-refractivity contribution in [3.05, 3.63) is 54.0 Å². The Bertz CT molecular complexity index is 781. The highest BCUT2D eigenvalue weighted by atomic mass is 16.5. The van der Waals surface area contributed by atoms with Gasteiger partial charge in [-0.05, 0) is 44.8 Å². The lowest BCUT2D eigenvalue weighted by Crippen LogP contribution is -2.10. The van der Waals surface area contributed by atoms with E-state index in [1.54, 1.807) is 25.3 Å². The fraction of sp³-hybridized carbons (Fsp3) is 0.235. The minimum absolute atomic E-state index is 0.455. The molecule has 0 aliphatic carbocycles. The monoisotopic (exact) mass is 310 g/mol. The van der Waals surface area contributed by atoms with Crippen molar-refractivity contribution in [2.75, 3.05) is 14.1 Å². The number of hydrogen-bond acceptors (Lipinski definition) is 6. The van der Waals surface area contributed by atoms with Gasteiger partial charge in [0.15, 0.2) is 5.82 Å². The molecule has 0 atom stereocenters. The van der Waals surface area contributed by atoms with Gasteiger partial charge >= 0.3 is 0 Å². The number of ether oxygens (including phenoxy) is 1. The maximum atomic E-state index is 5.79. The van der Waals surface area contributed by atoms with Crippen LogP contribution < -0.4 is 4.74 Å². The predicted molar refractivity (Wildman–Crippen MR) is 86.2 cm³/mol. The van der Waals surface area contributed by atoms with Gasteiger partial charge in [0.2, 0.25) is 5.88 Å². The van der Waals surface area contributed by atoms with Crippen LogP contribution >= 0.6 is 0 Å². The Labute approximate surface area is 134 Å². The molecule has 2 aromatic heterocycles. The molecule has 3 aromatic rings. The van der Waals surface area contributed by atoms with Crippen LogP contribution in [0.3, 0.4) is 0 Å². The Morgan fingerprint density at radius 1 is 1.13 bits per heavy atom. The molecule has 0 N–H and O–H groups in total. The van der Waals surface area contributed by atoms with E-state index in [0.29, 0.717) is 17.6 Å². The molecule has 6 nitrogen and oxygen atoms in total. The van der Waals surface area contributed by atoms with Crippen LogP contribution in [0.25, 0.3) is 11.5 Å². The third-order valence-electron chi connectivity index (χ3n) is 3.15. The molecule has 0 amide bonds. The Morgan fingerprint density at radius 3 is 2.57 bits per heavy atom. The molecule has 0 fully saturated rings. The van der Waals surface area contributed by atoms with Gasteiger partial charge in [-0.2, -0.15) is 4.98 Å². The van der Waals surface area contributed by atoms with Crippen molar-refractivity contribution < 1.29 is 9.26 Å². The zero-order valence-electron chi connectivity index (χ0n) is 13.4. The van der Waals surface area contributed by atoms with E-state index in [-0.39, 0.29) is 0 Å². The summed E-state index contributed by atoms with van der Waals surface area (Å²) >= 11 is 0. The Kier molecular flexibility index (Phi) is 4.34. The molecule has 0 saturated carbocycles. The normalized spacial score (nSPS) is 11.0. The van der Waals surface area contributed by atoms with Crippen LogP contribution in [0.2, 0.25) is 0 Å². The van der Waals surface area contributed by atoms with E-state index in [1.807, 2.05) is 38.4 Å². The van der Waals surface area contributed by atoms with Crippen LogP contribution in [0, 0.1) is 6.92 Å². The molecule has 1 aromatic carbocycles. The summed E-state index contributed by atoms with van der Waals surface area (Å²) in [5.41, 5.74) is 2.00. The molecule has 2 heterocycles. The van der Waals surface area contributed by atoms with E-state index in [2.05, 4.69) is 20.0 Å². The van der Waals surface area contributed by atoms with Crippen molar-refractivity contribution in [2.45, 2.75) is 13.5 Å². The van der Waals surface area contributed by atoms with Gasteiger partial charge in [-0.1, -0.05) is 17.3 Å². The minimum Gasteiger partial charge on any atom is -0.439 e. The lowest BCUT2D eigenvalue weighted by Gasteiger charge is -2.10. The molecule has 23 heavy (non-hydrogen) atoms. The average Bonchev–Trinajstić information content (AvgIpc) is 2.96. The van der Waals surface area contributed by atoms with Crippen molar-refractivity contribution in [3.8, 4) is 23.1 Å². The average molecular weight is 310 g/mol. The predicted octanol–water partition coefficient (Wildman–Crippen LogP) is 3.29. The molecule has 0 spiro atoms. The van der Waals surface area contributed by atoms with Crippen LogP contribution in [0.5, 0.6) is 11.6 Å². The van der Waals surface area contributed by atoms with E-state index < -0.39 is 0 Å². The molecular formula is C17H18N4O2. The van der Waals surface area contributed by atoms with Gasteiger partial charge in [0.25, 0.3) is 5.89 Å². The Balaban J connectivity index is 1.75. The van der Waals surface area contributed by atoms with Crippen molar-refractivity contribution in [1.82, 2.24) is 20.0 Å². The first-order chi connectivity index (χ1) is 11.1. The standard InChI is InChI=1S/C17H18N4O2/c1-12-19-17(23-20-12)14-8-9-18-16(10-14)22-15-6-4-13(5-7-15)11-21(2)3/h4-10H,11H2,1-3H3. The van der Waals surface area contributed by atoms with Gasteiger partial charge < -0.3 is 14.2 Å². The van der Waals surface area contributed by atoms with Crippen molar-refractivity contribution in [3.63, 3.8) is 0 Å². The smallest absolute Gasteiger partial charge is 0.258 e. The maximum Gasteiger partial charge on any atom is 0.258 e. The lowest BCUT2D eigenvalue weighted by atomic mass is 10.2. The molecule has 3 rings (SSSR count). The SMILES string of the molecule is Cc1noc(-c2ccnc(Oc3ccc(CN(C)C)cc3)c2)n1. The van der Waals surface area contributed by atoms with Gasteiger partial charge in [0.05, 0.1) is 0 Å². The van der Waals surface area contributed by atoms with Gasteiger partial charge in [-0.25, -0.2) is 4.98 Å². The fourth-order valence-corrected chi connectivity index (χ4v) is 2.16.